The molecule has 0 bridgehead atoms. The van der Waals surface area contributed by atoms with Crippen LogP contribution in [0.1, 0.15) is 226 Å². The number of unbranched alkanes of at least 4 members (excludes halogenated alkanes) is 28. The number of allylic oxidation sites excluding steroid dienone is 2. The van der Waals surface area contributed by atoms with Crippen LogP contribution in [-0.4, -0.2) is 87.5 Å². The number of aliphatic hydroxyl groups is 5. The van der Waals surface area contributed by atoms with Crippen molar-refractivity contribution in [3.05, 3.63) is 12.2 Å². The van der Waals surface area contributed by atoms with Crippen LogP contribution in [0.25, 0.3) is 0 Å². The molecule has 6 N–H and O–H groups in total. The Labute approximate surface area is 344 Å². The summed E-state index contributed by atoms with van der Waals surface area (Å²) in [4.78, 5) is 12.9. The molecule has 0 aromatic heterocycles. The molecule has 1 fully saturated rings. The lowest BCUT2D eigenvalue weighted by Gasteiger charge is -2.40. The molecule has 7 unspecified atom stereocenters. The Morgan fingerprint density at radius 1 is 0.589 bits per heavy atom. The van der Waals surface area contributed by atoms with Crippen LogP contribution in [0.15, 0.2) is 12.2 Å². The number of hydrogen-bond acceptors (Lipinski definition) is 8. The van der Waals surface area contributed by atoms with Gasteiger partial charge >= 0.3 is 0 Å². The zero-order valence-electron chi connectivity index (χ0n) is 36.4. The molecule has 1 amide bonds. The first kappa shape index (κ1) is 52.9. The average molecular weight is 798 g/mol. The molecular formula is C47H91NO8. The Morgan fingerprint density at radius 3 is 1.48 bits per heavy atom. The topological polar surface area (TPSA) is 149 Å². The molecule has 0 aromatic rings. The second-order valence-corrected chi connectivity index (χ2v) is 16.9. The average Bonchev–Trinajstić information content (AvgIpc) is 3.20. The minimum atomic E-state index is -1.55. The molecule has 0 aromatic carbocycles. The summed E-state index contributed by atoms with van der Waals surface area (Å²) >= 11 is 0. The summed E-state index contributed by atoms with van der Waals surface area (Å²) in [5.74, 6) is -0.153. The molecular weight excluding hydrogens is 707 g/mol. The molecule has 9 nitrogen and oxygen atoms in total. The first-order valence-electron chi connectivity index (χ1n) is 23.9. The van der Waals surface area contributed by atoms with Crippen LogP contribution >= 0.6 is 0 Å². The van der Waals surface area contributed by atoms with E-state index in [1.54, 1.807) is 0 Å². The zero-order valence-corrected chi connectivity index (χ0v) is 36.4. The molecule has 0 aliphatic carbocycles. The van der Waals surface area contributed by atoms with Crippen molar-refractivity contribution in [3.63, 3.8) is 0 Å². The Kier molecular flexibility index (Phi) is 36.1. The van der Waals surface area contributed by atoms with E-state index in [-0.39, 0.29) is 12.5 Å². The number of rotatable bonds is 40. The predicted molar refractivity (Wildman–Crippen MR) is 231 cm³/mol. The fourth-order valence-electron chi connectivity index (χ4n) is 7.74. The molecule has 0 radical (unpaired) electrons. The maximum absolute atomic E-state index is 12.9. The van der Waals surface area contributed by atoms with Crippen molar-refractivity contribution >= 4 is 5.91 Å². The Hall–Kier alpha value is -1.07. The van der Waals surface area contributed by atoms with Gasteiger partial charge in [0.05, 0.1) is 25.4 Å². The molecule has 1 saturated heterocycles. The van der Waals surface area contributed by atoms with Crippen molar-refractivity contribution in [1.29, 1.82) is 0 Å². The SMILES string of the molecule is CCCCC/C=C\CCCCCCCC(=O)NC(COC1OC(CO)C(O)C(O)C1O)C(O)CCCCCCCCCCCCCCCCCCCCCCC. The maximum Gasteiger partial charge on any atom is 0.220 e. The molecule has 0 saturated carbocycles. The van der Waals surface area contributed by atoms with E-state index in [1.165, 1.54) is 148 Å². The minimum absolute atomic E-state index is 0.138. The lowest BCUT2D eigenvalue weighted by molar-refractivity contribution is -0.302. The van der Waals surface area contributed by atoms with E-state index < -0.39 is 49.5 Å². The number of hydrogen-bond donors (Lipinski definition) is 6. The highest BCUT2D eigenvalue weighted by atomic mass is 16.7. The van der Waals surface area contributed by atoms with Gasteiger partial charge in [-0.05, 0) is 38.5 Å². The third-order valence-electron chi connectivity index (χ3n) is 11.6. The van der Waals surface area contributed by atoms with Gasteiger partial charge in [0.25, 0.3) is 0 Å². The summed E-state index contributed by atoms with van der Waals surface area (Å²) in [6, 6.07) is -0.718. The maximum atomic E-state index is 12.9. The molecule has 9 heteroatoms. The molecule has 1 rings (SSSR count). The van der Waals surface area contributed by atoms with E-state index >= 15 is 0 Å². The number of ether oxygens (including phenoxy) is 2. The third-order valence-corrected chi connectivity index (χ3v) is 11.6. The summed E-state index contributed by atoms with van der Waals surface area (Å²) in [5, 5.41) is 54.3. The highest BCUT2D eigenvalue weighted by Crippen LogP contribution is 2.23. The molecule has 1 aliphatic rings. The van der Waals surface area contributed by atoms with Gasteiger partial charge < -0.3 is 40.3 Å². The van der Waals surface area contributed by atoms with Crippen molar-refractivity contribution in [2.45, 2.75) is 269 Å². The summed E-state index contributed by atoms with van der Waals surface area (Å²) in [7, 11) is 0. The highest BCUT2D eigenvalue weighted by Gasteiger charge is 2.44. The van der Waals surface area contributed by atoms with Crippen LogP contribution in [0.5, 0.6) is 0 Å². The van der Waals surface area contributed by atoms with E-state index in [0.29, 0.717) is 12.8 Å². The number of amides is 1. The van der Waals surface area contributed by atoms with Crippen LogP contribution in [-0.2, 0) is 14.3 Å². The number of carbonyl (C=O) groups is 1. The van der Waals surface area contributed by atoms with Crippen molar-refractivity contribution in [3.8, 4) is 0 Å². The Balaban J connectivity index is 2.27. The molecule has 1 heterocycles. The number of carbonyl (C=O) groups excluding carboxylic acids is 1. The van der Waals surface area contributed by atoms with Gasteiger partial charge in [0.2, 0.25) is 5.91 Å². The van der Waals surface area contributed by atoms with E-state index in [0.717, 1.165) is 51.4 Å². The summed E-state index contributed by atoms with van der Waals surface area (Å²) < 4.78 is 11.3. The van der Waals surface area contributed by atoms with Gasteiger partial charge in [-0.25, -0.2) is 0 Å². The highest BCUT2D eigenvalue weighted by molar-refractivity contribution is 5.76. The quantitative estimate of drug-likeness (QED) is 0.0265. The Bertz CT molecular complexity index is 888. The fourth-order valence-corrected chi connectivity index (χ4v) is 7.74. The van der Waals surface area contributed by atoms with Crippen molar-refractivity contribution in [2.24, 2.45) is 0 Å². The molecule has 7 atom stereocenters. The van der Waals surface area contributed by atoms with Crippen LogP contribution in [0, 0.1) is 0 Å². The summed E-state index contributed by atoms with van der Waals surface area (Å²) in [5.41, 5.74) is 0. The number of aliphatic hydroxyl groups excluding tert-OH is 5. The van der Waals surface area contributed by atoms with E-state index in [4.69, 9.17) is 9.47 Å². The van der Waals surface area contributed by atoms with Gasteiger partial charge in [0, 0.05) is 6.42 Å². The van der Waals surface area contributed by atoms with Crippen LogP contribution in [0.2, 0.25) is 0 Å². The first-order valence-corrected chi connectivity index (χ1v) is 23.9. The monoisotopic (exact) mass is 798 g/mol. The van der Waals surface area contributed by atoms with Crippen LogP contribution in [0.4, 0.5) is 0 Å². The second kappa shape index (κ2) is 38.2. The summed E-state index contributed by atoms with van der Waals surface area (Å²) in [6.45, 7) is 3.81. The molecule has 0 spiro atoms. The van der Waals surface area contributed by atoms with Crippen molar-refractivity contribution in [1.82, 2.24) is 5.32 Å². The van der Waals surface area contributed by atoms with E-state index in [2.05, 4.69) is 31.3 Å². The predicted octanol–water partition coefficient (Wildman–Crippen LogP) is 10.1. The smallest absolute Gasteiger partial charge is 0.220 e. The van der Waals surface area contributed by atoms with E-state index in [1.807, 2.05) is 0 Å². The fraction of sp³-hybridized carbons (Fsp3) is 0.936. The lowest BCUT2D eigenvalue weighted by Crippen LogP contribution is -2.60. The van der Waals surface area contributed by atoms with Gasteiger partial charge in [-0.1, -0.05) is 193 Å². The summed E-state index contributed by atoms with van der Waals surface area (Å²) in [6.07, 6.45) is 36.5. The van der Waals surface area contributed by atoms with Gasteiger partial charge in [-0.2, -0.15) is 0 Å². The minimum Gasteiger partial charge on any atom is -0.394 e. The molecule has 56 heavy (non-hydrogen) atoms. The number of nitrogens with one attached hydrogen (secondary N) is 1. The second-order valence-electron chi connectivity index (χ2n) is 16.9. The molecule has 1 aliphatic heterocycles. The largest absolute Gasteiger partial charge is 0.394 e. The lowest BCUT2D eigenvalue weighted by atomic mass is 9.99. The van der Waals surface area contributed by atoms with Crippen LogP contribution in [0.3, 0.4) is 0 Å². The standard InChI is InChI=1S/C47H91NO8/c1-3-5-7-9-11-13-15-17-18-19-20-21-22-23-24-25-26-28-30-32-34-36-41(50)40(39-55-47-46(54)45(53)44(52)42(38-49)56-47)48-43(51)37-35-33-31-29-27-16-14-12-10-8-6-4-2/h12,14,40-42,44-47,49-50,52-54H,3-11,13,15-39H2,1-2H3,(H,48,51)/b14-12-. The normalized spacial score (nSPS) is 21.2. The van der Waals surface area contributed by atoms with Crippen molar-refractivity contribution in [2.75, 3.05) is 13.2 Å². The Morgan fingerprint density at radius 2 is 1.00 bits per heavy atom. The van der Waals surface area contributed by atoms with Gasteiger partial charge in [0.1, 0.15) is 24.4 Å². The third kappa shape index (κ3) is 28.4. The first-order chi connectivity index (χ1) is 27.3. The van der Waals surface area contributed by atoms with Gasteiger partial charge in [-0.15, -0.1) is 0 Å². The van der Waals surface area contributed by atoms with E-state index in [9.17, 15) is 30.3 Å². The molecule has 332 valence electrons. The van der Waals surface area contributed by atoms with Gasteiger partial charge in [-0.3, -0.25) is 4.79 Å². The van der Waals surface area contributed by atoms with Crippen molar-refractivity contribution < 1.29 is 39.8 Å². The van der Waals surface area contributed by atoms with Gasteiger partial charge in [0.15, 0.2) is 6.29 Å². The van der Waals surface area contributed by atoms with Crippen LogP contribution < -0.4 is 5.32 Å². The zero-order chi connectivity index (χ0) is 40.9.